The van der Waals surface area contributed by atoms with E-state index in [1.165, 1.54) is 12.1 Å². The first-order valence-corrected chi connectivity index (χ1v) is 5.87. The van der Waals surface area contributed by atoms with Gasteiger partial charge in [0.25, 0.3) is 0 Å². The first-order chi connectivity index (χ1) is 8.08. The molecule has 0 saturated heterocycles. The largest absolute Gasteiger partial charge is 0.493 e. The molecule has 0 unspecified atom stereocenters. The lowest BCUT2D eigenvalue weighted by molar-refractivity contribution is 0.304. The number of hydrogen-bond donors (Lipinski definition) is 1. The lowest BCUT2D eigenvalue weighted by Crippen LogP contribution is -2.22. The van der Waals surface area contributed by atoms with Gasteiger partial charge in [-0.3, -0.25) is 0 Å². The Morgan fingerprint density at radius 3 is 2.41 bits per heavy atom. The Morgan fingerprint density at radius 2 is 1.82 bits per heavy atom. The highest BCUT2D eigenvalue weighted by molar-refractivity contribution is 5.23. The van der Waals surface area contributed by atoms with Gasteiger partial charge in [0.15, 0.2) is 0 Å². The van der Waals surface area contributed by atoms with E-state index in [2.05, 4.69) is 19.2 Å². The van der Waals surface area contributed by atoms with E-state index in [-0.39, 0.29) is 5.75 Å². The molecule has 1 N–H and O–H groups in total. The summed E-state index contributed by atoms with van der Waals surface area (Å²) in [5.74, 6) is -0.365. The summed E-state index contributed by atoms with van der Waals surface area (Å²) in [6, 6.07) is 3.20. The van der Waals surface area contributed by atoms with E-state index in [0.29, 0.717) is 12.5 Å². The summed E-state index contributed by atoms with van der Waals surface area (Å²) in [7, 11) is 0. The standard InChI is InChI=1S/C13H19F2NO/c1-10(2)9-16-4-3-5-17-13-7-11(14)6-12(15)8-13/h6-8,10,16H,3-5,9H2,1-2H3. The smallest absolute Gasteiger partial charge is 0.129 e. The lowest BCUT2D eigenvalue weighted by atomic mass is 10.2. The fourth-order valence-electron chi connectivity index (χ4n) is 1.39. The van der Waals surface area contributed by atoms with Gasteiger partial charge < -0.3 is 10.1 Å². The summed E-state index contributed by atoms with van der Waals surface area (Å²) in [5.41, 5.74) is 0. The number of benzene rings is 1. The summed E-state index contributed by atoms with van der Waals surface area (Å²) in [5, 5.41) is 3.27. The maximum atomic E-state index is 12.8. The quantitative estimate of drug-likeness (QED) is 0.743. The van der Waals surface area contributed by atoms with Crippen LogP contribution >= 0.6 is 0 Å². The average Bonchev–Trinajstić information content (AvgIpc) is 2.21. The fourth-order valence-corrected chi connectivity index (χ4v) is 1.39. The maximum absolute atomic E-state index is 12.8. The molecule has 2 nitrogen and oxygen atoms in total. The van der Waals surface area contributed by atoms with Crippen molar-refractivity contribution in [2.45, 2.75) is 20.3 Å². The van der Waals surface area contributed by atoms with Crippen molar-refractivity contribution in [1.29, 1.82) is 0 Å². The highest BCUT2D eigenvalue weighted by Crippen LogP contribution is 2.15. The van der Waals surface area contributed by atoms with Gasteiger partial charge in [0.2, 0.25) is 0 Å². The van der Waals surface area contributed by atoms with E-state index >= 15 is 0 Å². The number of rotatable bonds is 7. The zero-order valence-corrected chi connectivity index (χ0v) is 10.3. The third-order valence-corrected chi connectivity index (χ3v) is 2.16. The Balaban J connectivity index is 2.18. The summed E-state index contributed by atoms with van der Waals surface area (Å²) < 4.78 is 30.9. The van der Waals surface area contributed by atoms with Gasteiger partial charge in [-0.15, -0.1) is 0 Å². The van der Waals surface area contributed by atoms with E-state index < -0.39 is 11.6 Å². The molecule has 0 heterocycles. The Bertz CT molecular complexity index is 322. The zero-order chi connectivity index (χ0) is 12.7. The first-order valence-electron chi connectivity index (χ1n) is 5.87. The molecule has 0 aromatic heterocycles. The molecule has 0 amide bonds. The minimum atomic E-state index is -0.613. The summed E-state index contributed by atoms with van der Waals surface area (Å²) in [6.07, 6.45) is 0.810. The second-order valence-electron chi connectivity index (χ2n) is 4.41. The molecule has 1 aromatic rings. The molecule has 0 aliphatic carbocycles. The van der Waals surface area contributed by atoms with Gasteiger partial charge in [-0.05, 0) is 25.4 Å². The zero-order valence-electron chi connectivity index (χ0n) is 10.3. The lowest BCUT2D eigenvalue weighted by Gasteiger charge is -2.08. The van der Waals surface area contributed by atoms with Gasteiger partial charge >= 0.3 is 0 Å². The van der Waals surface area contributed by atoms with E-state index in [1.54, 1.807) is 0 Å². The van der Waals surface area contributed by atoms with Crippen LogP contribution in [0.15, 0.2) is 18.2 Å². The molecular weight excluding hydrogens is 224 g/mol. The van der Waals surface area contributed by atoms with Crippen molar-refractivity contribution in [3.63, 3.8) is 0 Å². The van der Waals surface area contributed by atoms with Crippen LogP contribution in [-0.4, -0.2) is 19.7 Å². The summed E-state index contributed by atoms with van der Waals surface area (Å²) >= 11 is 0. The SMILES string of the molecule is CC(C)CNCCCOc1cc(F)cc(F)c1. The van der Waals surface area contributed by atoms with Crippen molar-refractivity contribution in [1.82, 2.24) is 5.32 Å². The highest BCUT2D eigenvalue weighted by atomic mass is 19.1. The second-order valence-corrected chi connectivity index (χ2v) is 4.41. The predicted molar refractivity (Wildman–Crippen MR) is 64.2 cm³/mol. The summed E-state index contributed by atoms with van der Waals surface area (Å²) in [6.45, 7) is 6.54. The van der Waals surface area contributed by atoms with Crippen molar-refractivity contribution in [2.24, 2.45) is 5.92 Å². The normalized spacial score (nSPS) is 10.9. The van der Waals surface area contributed by atoms with Crippen LogP contribution in [0.2, 0.25) is 0 Å². The Hall–Kier alpha value is -1.16. The van der Waals surface area contributed by atoms with Crippen LogP contribution in [-0.2, 0) is 0 Å². The molecule has 0 saturated carbocycles. The Kier molecular flexibility index (Phi) is 5.91. The average molecular weight is 243 g/mol. The fraction of sp³-hybridized carbons (Fsp3) is 0.538. The first kappa shape index (κ1) is 13.9. The van der Waals surface area contributed by atoms with Gasteiger partial charge in [0.05, 0.1) is 6.61 Å². The van der Waals surface area contributed by atoms with Gasteiger partial charge in [-0.25, -0.2) is 8.78 Å². The number of hydrogen-bond acceptors (Lipinski definition) is 2. The van der Waals surface area contributed by atoms with Crippen LogP contribution < -0.4 is 10.1 Å². The van der Waals surface area contributed by atoms with Crippen molar-refractivity contribution in [3.8, 4) is 5.75 Å². The molecule has 1 aromatic carbocycles. The van der Waals surface area contributed by atoms with Gasteiger partial charge in [-0.1, -0.05) is 13.8 Å². The van der Waals surface area contributed by atoms with Crippen LogP contribution in [0.3, 0.4) is 0 Å². The molecule has 96 valence electrons. The molecule has 0 atom stereocenters. The molecule has 4 heteroatoms. The molecular formula is C13H19F2NO. The molecule has 0 radical (unpaired) electrons. The number of ether oxygens (including phenoxy) is 1. The molecule has 0 spiro atoms. The van der Waals surface area contributed by atoms with Crippen LogP contribution in [0.4, 0.5) is 8.78 Å². The second kappa shape index (κ2) is 7.22. The van der Waals surface area contributed by atoms with E-state index in [0.717, 1.165) is 25.6 Å². The molecule has 0 aliphatic rings. The summed E-state index contributed by atoms with van der Waals surface area (Å²) in [4.78, 5) is 0. The maximum Gasteiger partial charge on any atom is 0.129 e. The van der Waals surface area contributed by atoms with Crippen molar-refractivity contribution in [3.05, 3.63) is 29.8 Å². The molecule has 0 fully saturated rings. The van der Waals surface area contributed by atoms with Crippen LogP contribution in [0.1, 0.15) is 20.3 Å². The number of halogens is 2. The molecule has 1 rings (SSSR count). The van der Waals surface area contributed by atoms with Crippen molar-refractivity contribution < 1.29 is 13.5 Å². The van der Waals surface area contributed by atoms with E-state index in [4.69, 9.17) is 4.74 Å². The van der Waals surface area contributed by atoms with Gasteiger partial charge in [0.1, 0.15) is 17.4 Å². The topological polar surface area (TPSA) is 21.3 Å². The highest BCUT2D eigenvalue weighted by Gasteiger charge is 2.01. The minimum absolute atomic E-state index is 0.242. The monoisotopic (exact) mass is 243 g/mol. The van der Waals surface area contributed by atoms with Crippen LogP contribution in [0.25, 0.3) is 0 Å². The van der Waals surface area contributed by atoms with Crippen molar-refractivity contribution in [2.75, 3.05) is 19.7 Å². The van der Waals surface area contributed by atoms with E-state index in [9.17, 15) is 8.78 Å². The third kappa shape index (κ3) is 6.22. The Morgan fingerprint density at radius 1 is 1.18 bits per heavy atom. The Labute approximate surface area is 101 Å². The van der Waals surface area contributed by atoms with Crippen LogP contribution in [0.5, 0.6) is 5.75 Å². The molecule has 17 heavy (non-hydrogen) atoms. The predicted octanol–water partition coefficient (Wildman–Crippen LogP) is 2.98. The van der Waals surface area contributed by atoms with Gasteiger partial charge in [-0.2, -0.15) is 0 Å². The molecule has 0 aliphatic heterocycles. The van der Waals surface area contributed by atoms with Crippen LogP contribution in [0, 0.1) is 17.6 Å². The van der Waals surface area contributed by atoms with E-state index in [1.807, 2.05) is 0 Å². The molecule has 0 bridgehead atoms. The van der Waals surface area contributed by atoms with Gasteiger partial charge in [0, 0.05) is 18.2 Å². The number of nitrogens with one attached hydrogen (secondary N) is 1. The minimum Gasteiger partial charge on any atom is -0.493 e. The van der Waals surface area contributed by atoms with Crippen molar-refractivity contribution >= 4 is 0 Å². The third-order valence-electron chi connectivity index (χ3n) is 2.16.